The molecule has 0 fully saturated rings. The van der Waals surface area contributed by atoms with E-state index in [1.54, 1.807) is 13.3 Å². The summed E-state index contributed by atoms with van der Waals surface area (Å²) in [4.78, 5) is 5.09. The summed E-state index contributed by atoms with van der Waals surface area (Å²) in [5, 5.41) is 0.707. The van der Waals surface area contributed by atoms with Crippen molar-refractivity contribution in [1.82, 2.24) is 4.98 Å². The number of methoxy groups -OCH3 is 1. The third kappa shape index (κ3) is 1.59. The van der Waals surface area contributed by atoms with Crippen LogP contribution in [0.15, 0.2) is 6.20 Å². The van der Waals surface area contributed by atoms with Crippen molar-refractivity contribution >= 4 is 24.0 Å². The molecule has 0 saturated heterocycles. The van der Waals surface area contributed by atoms with E-state index < -0.39 is 0 Å². The van der Waals surface area contributed by atoms with Crippen molar-refractivity contribution in [1.29, 1.82) is 0 Å². The van der Waals surface area contributed by atoms with Crippen LogP contribution in [0.25, 0.3) is 0 Å². The number of ether oxygens (including phenoxy) is 1. The smallest absolute Gasteiger partial charge is 0.273 e. The number of hydrogen-bond acceptors (Lipinski definition) is 4. The van der Waals surface area contributed by atoms with Crippen LogP contribution in [0, 0.1) is 0 Å². The molecular weight excluding hydrogens is 154 g/mol. The van der Waals surface area contributed by atoms with Gasteiger partial charge in [0.2, 0.25) is 0 Å². The molecule has 1 rings (SSSR count). The summed E-state index contributed by atoms with van der Waals surface area (Å²) in [5.74, 6) is 0.737. The van der Waals surface area contributed by atoms with Crippen LogP contribution < -0.4 is 4.74 Å². The second-order valence-electron chi connectivity index (χ2n) is 1.45. The molecule has 0 bridgehead atoms. The number of nitrogens with zero attached hydrogens (tertiary/aromatic N) is 1. The maximum atomic E-state index is 4.87. The van der Waals surface area contributed by atoms with Gasteiger partial charge in [-0.2, -0.15) is 12.6 Å². The summed E-state index contributed by atoms with van der Waals surface area (Å²) in [6, 6.07) is 0. The number of thiazole rings is 1. The van der Waals surface area contributed by atoms with Gasteiger partial charge < -0.3 is 4.74 Å². The molecule has 0 aliphatic heterocycles. The van der Waals surface area contributed by atoms with Crippen molar-refractivity contribution in [3.05, 3.63) is 11.1 Å². The topological polar surface area (TPSA) is 22.1 Å². The third-order valence-electron chi connectivity index (χ3n) is 0.863. The van der Waals surface area contributed by atoms with E-state index in [0.717, 1.165) is 10.6 Å². The Labute approximate surface area is 63.3 Å². The van der Waals surface area contributed by atoms with E-state index in [1.165, 1.54) is 11.3 Å². The van der Waals surface area contributed by atoms with Crippen molar-refractivity contribution in [2.24, 2.45) is 0 Å². The van der Waals surface area contributed by atoms with Crippen LogP contribution >= 0.6 is 24.0 Å². The third-order valence-corrected chi connectivity index (χ3v) is 2.38. The fourth-order valence-corrected chi connectivity index (χ4v) is 1.32. The van der Waals surface area contributed by atoms with Gasteiger partial charge in [-0.05, 0) is 0 Å². The largest absolute Gasteiger partial charge is 0.473 e. The van der Waals surface area contributed by atoms with Crippen molar-refractivity contribution in [3.8, 4) is 5.19 Å². The standard InChI is InChI=1S/C5H7NOS2/c1-7-5-6-2-4(3-8)9-5/h2,8H,3H2,1H3. The predicted molar refractivity (Wildman–Crippen MR) is 41.4 cm³/mol. The van der Waals surface area contributed by atoms with Gasteiger partial charge in [-0.1, -0.05) is 11.3 Å². The van der Waals surface area contributed by atoms with Gasteiger partial charge in [-0.25, -0.2) is 4.98 Å². The first-order valence-electron chi connectivity index (χ1n) is 2.46. The molecule has 0 aromatic carbocycles. The molecule has 0 aliphatic rings. The van der Waals surface area contributed by atoms with Crippen molar-refractivity contribution < 1.29 is 4.74 Å². The highest BCUT2D eigenvalue weighted by Crippen LogP contribution is 2.20. The maximum absolute atomic E-state index is 4.87. The van der Waals surface area contributed by atoms with E-state index in [0.29, 0.717) is 5.19 Å². The number of hydrogen-bond donors (Lipinski definition) is 1. The number of thiol groups is 1. The Balaban J connectivity index is 2.74. The molecule has 2 nitrogen and oxygen atoms in total. The summed E-state index contributed by atoms with van der Waals surface area (Å²) >= 11 is 5.60. The first-order valence-corrected chi connectivity index (χ1v) is 3.91. The maximum Gasteiger partial charge on any atom is 0.273 e. The van der Waals surface area contributed by atoms with Gasteiger partial charge in [-0.3, -0.25) is 0 Å². The molecule has 0 saturated carbocycles. The minimum Gasteiger partial charge on any atom is -0.473 e. The van der Waals surface area contributed by atoms with Crippen molar-refractivity contribution in [2.45, 2.75) is 5.75 Å². The first kappa shape index (κ1) is 6.89. The zero-order chi connectivity index (χ0) is 6.69. The molecule has 1 aromatic heterocycles. The molecule has 50 valence electrons. The molecule has 0 atom stereocenters. The van der Waals surface area contributed by atoms with Gasteiger partial charge in [-0.15, -0.1) is 0 Å². The lowest BCUT2D eigenvalue weighted by Crippen LogP contribution is -1.76. The van der Waals surface area contributed by atoms with E-state index in [2.05, 4.69) is 17.6 Å². The summed E-state index contributed by atoms with van der Waals surface area (Å²) in [6.07, 6.45) is 1.77. The van der Waals surface area contributed by atoms with Gasteiger partial charge in [0.05, 0.1) is 7.11 Å². The van der Waals surface area contributed by atoms with Crippen molar-refractivity contribution in [3.63, 3.8) is 0 Å². The zero-order valence-corrected chi connectivity index (χ0v) is 6.71. The minimum absolute atomic E-state index is 0.707. The second kappa shape index (κ2) is 3.08. The number of aromatic nitrogens is 1. The first-order chi connectivity index (χ1) is 4.36. The molecule has 0 N–H and O–H groups in total. The van der Waals surface area contributed by atoms with Crippen LogP contribution in [0.2, 0.25) is 0 Å². The Hall–Kier alpha value is -0.220. The van der Waals surface area contributed by atoms with Gasteiger partial charge in [0, 0.05) is 16.8 Å². The highest BCUT2D eigenvalue weighted by atomic mass is 32.1. The van der Waals surface area contributed by atoms with E-state index in [1.807, 2.05) is 0 Å². The SMILES string of the molecule is COc1ncc(CS)s1. The average molecular weight is 161 g/mol. The van der Waals surface area contributed by atoms with Gasteiger partial charge in [0.1, 0.15) is 0 Å². The molecule has 4 heteroatoms. The molecule has 0 unspecified atom stereocenters. The van der Waals surface area contributed by atoms with E-state index in [9.17, 15) is 0 Å². The molecule has 0 radical (unpaired) electrons. The highest BCUT2D eigenvalue weighted by molar-refractivity contribution is 7.79. The molecule has 0 aliphatic carbocycles. The molecule has 0 amide bonds. The van der Waals surface area contributed by atoms with Crippen LogP contribution in [0.1, 0.15) is 4.88 Å². The summed E-state index contributed by atoms with van der Waals surface area (Å²) in [7, 11) is 1.61. The molecule has 0 spiro atoms. The second-order valence-corrected chi connectivity index (χ2v) is 2.85. The Bertz CT molecular complexity index is 168. The molecule has 9 heavy (non-hydrogen) atoms. The Morgan fingerprint density at radius 3 is 3.00 bits per heavy atom. The zero-order valence-electron chi connectivity index (χ0n) is 5.00. The lowest BCUT2D eigenvalue weighted by Gasteiger charge is -1.85. The average Bonchev–Trinajstić information content (AvgIpc) is 2.34. The lowest BCUT2D eigenvalue weighted by molar-refractivity contribution is 0.412. The summed E-state index contributed by atoms with van der Waals surface area (Å²) < 4.78 is 4.87. The minimum atomic E-state index is 0.707. The molecule has 1 heterocycles. The lowest BCUT2D eigenvalue weighted by atomic mass is 10.6. The van der Waals surface area contributed by atoms with E-state index >= 15 is 0 Å². The van der Waals surface area contributed by atoms with E-state index in [4.69, 9.17) is 4.74 Å². The van der Waals surface area contributed by atoms with Crippen molar-refractivity contribution in [2.75, 3.05) is 7.11 Å². The van der Waals surface area contributed by atoms with Gasteiger partial charge in [0.25, 0.3) is 5.19 Å². The number of rotatable bonds is 2. The monoisotopic (exact) mass is 161 g/mol. The molecule has 1 aromatic rings. The summed E-state index contributed by atoms with van der Waals surface area (Å²) in [6.45, 7) is 0. The van der Waals surface area contributed by atoms with Gasteiger partial charge in [0.15, 0.2) is 0 Å². The van der Waals surface area contributed by atoms with Crippen LogP contribution in [0.3, 0.4) is 0 Å². The van der Waals surface area contributed by atoms with Crippen LogP contribution in [0.5, 0.6) is 5.19 Å². The summed E-state index contributed by atoms with van der Waals surface area (Å²) in [5.41, 5.74) is 0. The Morgan fingerprint density at radius 1 is 1.89 bits per heavy atom. The normalized spacial score (nSPS) is 9.56. The van der Waals surface area contributed by atoms with Crippen LogP contribution in [0.4, 0.5) is 0 Å². The fourth-order valence-electron chi connectivity index (χ4n) is 0.457. The quantitative estimate of drug-likeness (QED) is 0.665. The predicted octanol–water partition coefficient (Wildman–Crippen LogP) is 1.58. The fraction of sp³-hybridized carbons (Fsp3) is 0.400. The van der Waals surface area contributed by atoms with Crippen LogP contribution in [-0.4, -0.2) is 12.1 Å². The van der Waals surface area contributed by atoms with Gasteiger partial charge >= 0.3 is 0 Å². The highest BCUT2D eigenvalue weighted by Gasteiger charge is 1.96. The Morgan fingerprint density at radius 2 is 2.67 bits per heavy atom. The van der Waals surface area contributed by atoms with Crippen LogP contribution in [-0.2, 0) is 5.75 Å². The molecular formula is C5H7NOS2. The Kier molecular flexibility index (Phi) is 2.36. The van der Waals surface area contributed by atoms with E-state index in [-0.39, 0.29) is 0 Å².